The number of hydrogen-bond acceptors (Lipinski definition) is 8. The van der Waals surface area contributed by atoms with Crippen LogP contribution in [0.2, 0.25) is 0 Å². The number of esters is 1. The van der Waals surface area contributed by atoms with Crippen LogP contribution in [0.5, 0.6) is 0 Å². The fourth-order valence-corrected chi connectivity index (χ4v) is 3.53. The number of likely N-dealkylation sites (N-methyl/N-ethyl adjacent to an activating group) is 1. The quantitative estimate of drug-likeness (QED) is 0.474. The van der Waals surface area contributed by atoms with Crippen molar-refractivity contribution in [2.75, 3.05) is 13.7 Å². The molecule has 0 aliphatic rings. The van der Waals surface area contributed by atoms with Crippen LogP contribution < -0.4 is 5.32 Å². The van der Waals surface area contributed by atoms with E-state index in [2.05, 4.69) is 10.3 Å². The first-order valence-corrected chi connectivity index (χ1v) is 8.36. The van der Waals surface area contributed by atoms with Gasteiger partial charge in [-0.25, -0.2) is 9.78 Å². The predicted molar refractivity (Wildman–Crippen MR) is 88.4 cm³/mol. The second kappa shape index (κ2) is 7.88. The maximum atomic E-state index is 12.2. The third kappa shape index (κ3) is 4.52. The molecule has 0 saturated carbocycles. The Morgan fingerprint density at radius 2 is 2.21 bits per heavy atom. The molecule has 1 N–H and O–H groups in total. The highest BCUT2D eigenvalue weighted by Crippen LogP contribution is 2.34. The first-order valence-electron chi connectivity index (χ1n) is 6.67. The van der Waals surface area contributed by atoms with Crippen molar-refractivity contribution in [3.05, 3.63) is 45.0 Å². The van der Waals surface area contributed by atoms with Crippen molar-refractivity contribution in [2.24, 2.45) is 0 Å². The van der Waals surface area contributed by atoms with Gasteiger partial charge in [-0.05, 0) is 13.0 Å². The number of amides is 1. The molecule has 0 aliphatic carbocycles. The van der Waals surface area contributed by atoms with Crippen LogP contribution in [0.25, 0.3) is 0 Å². The maximum Gasteiger partial charge on any atom is 0.340 e. The second-order valence-corrected chi connectivity index (χ2v) is 6.69. The molecule has 0 atom stereocenters. The van der Waals surface area contributed by atoms with E-state index in [9.17, 15) is 19.7 Å². The van der Waals surface area contributed by atoms with E-state index in [-0.39, 0.29) is 11.3 Å². The largest absolute Gasteiger partial charge is 0.452 e. The lowest BCUT2D eigenvalue weighted by atomic mass is 10.2. The molecule has 10 heteroatoms. The van der Waals surface area contributed by atoms with Gasteiger partial charge in [-0.3, -0.25) is 14.9 Å². The summed E-state index contributed by atoms with van der Waals surface area (Å²) < 4.78 is 5.59. The van der Waals surface area contributed by atoms with E-state index in [1.54, 1.807) is 0 Å². The van der Waals surface area contributed by atoms with Crippen molar-refractivity contribution in [3.63, 3.8) is 0 Å². The van der Waals surface area contributed by atoms with Gasteiger partial charge in [0.1, 0.15) is 0 Å². The summed E-state index contributed by atoms with van der Waals surface area (Å²) in [5.41, 5.74) is 0.626. The Morgan fingerprint density at radius 1 is 1.46 bits per heavy atom. The molecule has 0 unspecified atom stereocenters. The van der Waals surface area contributed by atoms with Gasteiger partial charge in [-0.15, -0.1) is 11.3 Å². The van der Waals surface area contributed by atoms with Crippen LogP contribution in [0.1, 0.15) is 16.1 Å². The van der Waals surface area contributed by atoms with Gasteiger partial charge in [0.05, 0.1) is 10.5 Å². The molecule has 0 radical (unpaired) electrons. The molecule has 0 spiro atoms. The normalized spacial score (nSPS) is 10.2. The molecular weight excluding hydrogens is 354 g/mol. The first-order chi connectivity index (χ1) is 11.4. The Kier molecular flexibility index (Phi) is 5.88. The van der Waals surface area contributed by atoms with Gasteiger partial charge >= 0.3 is 5.97 Å². The van der Waals surface area contributed by atoms with Crippen LogP contribution >= 0.6 is 23.1 Å². The number of nitro groups is 1. The number of aryl methyl sites for hydroxylation is 1. The fraction of sp³-hybridized carbons (Fsp3) is 0.214. The van der Waals surface area contributed by atoms with Crippen molar-refractivity contribution in [2.45, 2.75) is 16.2 Å². The molecule has 1 heterocycles. The summed E-state index contributed by atoms with van der Waals surface area (Å²) in [5.74, 6) is -1.28. The van der Waals surface area contributed by atoms with Crippen molar-refractivity contribution in [1.82, 2.24) is 10.3 Å². The highest BCUT2D eigenvalue weighted by atomic mass is 32.2. The molecule has 0 bridgehead atoms. The van der Waals surface area contributed by atoms with E-state index in [0.717, 1.165) is 11.8 Å². The monoisotopic (exact) mass is 367 g/mol. The van der Waals surface area contributed by atoms with Gasteiger partial charge in [0, 0.05) is 35.1 Å². The van der Waals surface area contributed by atoms with Gasteiger partial charge in [0.2, 0.25) is 0 Å². The molecule has 8 nitrogen and oxygen atoms in total. The lowest BCUT2D eigenvalue weighted by Gasteiger charge is -2.08. The molecule has 126 valence electrons. The standard InChI is InChI=1S/C14H13N3O5S2/c1-8-7-23-14(16-8)24-11-4-3-9(17(20)21)5-10(11)13(19)22-6-12(18)15-2/h3-5,7H,6H2,1-2H3,(H,15,18). The van der Waals surface area contributed by atoms with Gasteiger partial charge in [0.25, 0.3) is 11.6 Å². The zero-order valence-corrected chi connectivity index (χ0v) is 14.4. The molecule has 0 fully saturated rings. The molecule has 1 amide bonds. The molecule has 1 aromatic heterocycles. The number of aromatic nitrogens is 1. The molecule has 2 rings (SSSR count). The SMILES string of the molecule is CNC(=O)COC(=O)c1cc([N+](=O)[O-])ccc1Sc1nc(C)cs1. The third-order valence-electron chi connectivity index (χ3n) is 2.80. The van der Waals surface area contributed by atoms with Crippen LogP contribution in [-0.4, -0.2) is 35.4 Å². The Balaban J connectivity index is 2.30. The molecular formula is C14H13N3O5S2. The summed E-state index contributed by atoms with van der Waals surface area (Å²) in [6.45, 7) is 1.38. The zero-order chi connectivity index (χ0) is 17.7. The van der Waals surface area contributed by atoms with Crippen molar-refractivity contribution < 1.29 is 19.2 Å². The van der Waals surface area contributed by atoms with Crippen molar-refractivity contribution >= 4 is 40.7 Å². The van der Waals surface area contributed by atoms with Crippen LogP contribution in [0.3, 0.4) is 0 Å². The van der Waals surface area contributed by atoms with Crippen LogP contribution in [0.4, 0.5) is 5.69 Å². The number of carbonyl (C=O) groups is 2. The zero-order valence-electron chi connectivity index (χ0n) is 12.8. The van der Waals surface area contributed by atoms with Gasteiger partial charge in [-0.2, -0.15) is 0 Å². The fourth-order valence-electron chi connectivity index (χ4n) is 1.63. The summed E-state index contributed by atoms with van der Waals surface area (Å²) in [6, 6.07) is 3.91. The Morgan fingerprint density at radius 3 is 2.79 bits per heavy atom. The number of thiazole rings is 1. The van der Waals surface area contributed by atoms with E-state index < -0.39 is 23.4 Å². The average molecular weight is 367 g/mol. The Bertz CT molecular complexity index is 790. The molecule has 2 aromatic rings. The number of rotatable bonds is 6. The first kappa shape index (κ1) is 17.9. The van der Waals surface area contributed by atoms with E-state index in [1.807, 2.05) is 12.3 Å². The van der Waals surface area contributed by atoms with E-state index in [0.29, 0.717) is 9.24 Å². The van der Waals surface area contributed by atoms with Gasteiger partial charge in [-0.1, -0.05) is 11.8 Å². The van der Waals surface area contributed by atoms with Gasteiger partial charge < -0.3 is 10.1 Å². The number of carbonyl (C=O) groups excluding carboxylic acids is 2. The summed E-state index contributed by atoms with van der Waals surface area (Å²) in [4.78, 5) is 38.5. The van der Waals surface area contributed by atoms with Crippen LogP contribution in [0.15, 0.2) is 32.8 Å². The summed E-state index contributed by atoms with van der Waals surface area (Å²) in [7, 11) is 1.41. The topological polar surface area (TPSA) is 111 Å². The number of benzene rings is 1. The molecule has 1 aromatic carbocycles. The van der Waals surface area contributed by atoms with E-state index in [4.69, 9.17) is 4.74 Å². The number of nitro benzene ring substituents is 1. The molecule has 0 aliphatic heterocycles. The van der Waals surface area contributed by atoms with Crippen LogP contribution in [0, 0.1) is 17.0 Å². The smallest absolute Gasteiger partial charge is 0.340 e. The molecule has 24 heavy (non-hydrogen) atoms. The number of nitrogens with one attached hydrogen (secondary N) is 1. The lowest BCUT2D eigenvalue weighted by molar-refractivity contribution is -0.384. The van der Waals surface area contributed by atoms with Gasteiger partial charge in [0.15, 0.2) is 10.9 Å². The average Bonchev–Trinajstić information content (AvgIpc) is 2.97. The third-order valence-corrected chi connectivity index (χ3v) is 4.93. The minimum Gasteiger partial charge on any atom is -0.452 e. The number of hydrogen-bond donors (Lipinski definition) is 1. The minimum atomic E-state index is -0.807. The number of nitrogens with zero attached hydrogens (tertiary/aromatic N) is 2. The highest BCUT2D eigenvalue weighted by molar-refractivity contribution is 8.01. The second-order valence-electron chi connectivity index (χ2n) is 4.54. The van der Waals surface area contributed by atoms with E-state index >= 15 is 0 Å². The summed E-state index contributed by atoms with van der Waals surface area (Å²) in [5, 5.41) is 15.1. The minimum absolute atomic E-state index is 0.0194. The van der Waals surface area contributed by atoms with Crippen molar-refractivity contribution in [3.8, 4) is 0 Å². The molecule has 0 saturated heterocycles. The van der Waals surface area contributed by atoms with E-state index in [1.165, 1.54) is 42.3 Å². The predicted octanol–water partition coefficient (Wildman–Crippen LogP) is 2.41. The summed E-state index contributed by atoms with van der Waals surface area (Å²) >= 11 is 2.61. The number of non-ortho nitro benzene ring substituents is 1. The van der Waals surface area contributed by atoms with Crippen LogP contribution in [-0.2, 0) is 9.53 Å². The Hall–Kier alpha value is -2.46. The summed E-state index contributed by atoms with van der Waals surface area (Å²) in [6.07, 6.45) is 0. The van der Waals surface area contributed by atoms with Crippen molar-refractivity contribution in [1.29, 1.82) is 0 Å². The maximum absolute atomic E-state index is 12.2. The highest BCUT2D eigenvalue weighted by Gasteiger charge is 2.20. The lowest BCUT2D eigenvalue weighted by Crippen LogP contribution is -2.25. The Labute approximate surface area is 145 Å². The number of ether oxygens (including phenoxy) is 1.